The number of alkyl halides is 2. The zero-order valence-corrected chi connectivity index (χ0v) is 10.2. The third-order valence-electron chi connectivity index (χ3n) is 3.50. The molecule has 3 nitrogen and oxygen atoms in total. The number of nitrogens with zero attached hydrogens (tertiary/aromatic N) is 1. The molecule has 0 saturated carbocycles. The molecule has 2 aliphatic rings. The van der Waals surface area contributed by atoms with Crippen LogP contribution < -0.4 is 0 Å². The molecule has 1 heterocycles. The molecule has 18 heavy (non-hydrogen) atoms. The lowest BCUT2D eigenvalue weighted by Gasteiger charge is -2.30. The van der Waals surface area contributed by atoms with Crippen molar-refractivity contribution in [2.75, 3.05) is 19.6 Å². The Bertz CT molecular complexity index is 355. The zero-order valence-electron chi connectivity index (χ0n) is 10.2. The number of aliphatic hydroxyl groups excluding tert-OH is 1. The molecule has 0 radical (unpaired) electrons. The number of allylic oxidation sites excluding steroid dienone is 1. The van der Waals surface area contributed by atoms with Gasteiger partial charge in [0.05, 0.1) is 0 Å². The van der Waals surface area contributed by atoms with Gasteiger partial charge in [0.2, 0.25) is 0 Å². The Morgan fingerprint density at radius 2 is 2.17 bits per heavy atom. The molecule has 1 aliphatic heterocycles. The van der Waals surface area contributed by atoms with E-state index in [2.05, 4.69) is 0 Å². The first-order valence-electron chi connectivity index (χ1n) is 6.31. The minimum absolute atomic E-state index is 0.242. The highest BCUT2D eigenvalue weighted by Crippen LogP contribution is 2.25. The van der Waals surface area contributed by atoms with Crippen LogP contribution in [0.15, 0.2) is 23.3 Å². The van der Waals surface area contributed by atoms with Crippen molar-refractivity contribution < 1.29 is 19.0 Å². The summed E-state index contributed by atoms with van der Waals surface area (Å²) in [5, 5.41) is 18.2. The lowest BCUT2D eigenvalue weighted by atomic mass is 9.96. The molecule has 0 fully saturated rings. The molecule has 2 unspecified atom stereocenters. The molecule has 0 aromatic heterocycles. The summed E-state index contributed by atoms with van der Waals surface area (Å²) < 4.78 is 26.2. The molecule has 0 spiro atoms. The Kier molecular flexibility index (Phi) is 4.48. The molecule has 2 N–H and O–H groups in total. The maximum atomic E-state index is 13.2. The van der Waals surface area contributed by atoms with Gasteiger partial charge in [-0.1, -0.05) is 11.6 Å². The van der Waals surface area contributed by atoms with Crippen LogP contribution in [0.5, 0.6) is 0 Å². The number of halogens is 2. The number of rotatable bonds is 3. The maximum absolute atomic E-state index is 13.2. The first-order chi connectivity index (χ1) is 8.56. The predicted octanol–water partition coefficient (Wildman–Crippen LogP) is 1.33. The Morgan fingerprint density at radius 3 is 2.83 bits per heavy atom. The minimum atomic E-state index is -1.49. The van der Waals surface area contributed by atoms with Crippen molar-refractivity contribution in [2.45, 2.75) is 37.9 Å². The van der Waals surface area contributed by atoms with E-state index in [-0.39, 0.29) is 6.42 Å². The van der Waals surface area contributed by atoms with E-state index in [1.807, 2.05) is 11.0 Å². The normalized spacial score (nSPS) is 30.3. The van der Waals surface area contributed by atoms with Crippen molar-refractivity contribution in [2.24, 2.45) is 0 Å². The Labute approximate surface area is 105 Å². The topological polar surface area (TPSA) is 43.7 Å². The first kappa shape index (κ1) is 13.6. The van der Waals surface area contributed by atoms with Crippen LogP contribution in [0.2, 0.25) is 0 Å². The van der Waals surface area contributed by atoms with Crippen LogP contribution in [-0.2, 0) is 0 Å². The van der Waals surface area contributed by atoms with Crippen LogP contribution in [-0.4, -0.2) is 53.4 Å². The van der Waals surface area contributed by atoms with E-state index in [0.29, 0.717) is 25.1 Å². The van der Waals surface area contributed by atoms with Crippen LogP contribution in [0.25, 0.3) is 0 Å². The summed E-state index contributed by atoms with van der Waals surface area (Å²) in [7, 11) is 0. The van der Waals surface area contributed by atoms with Crippen LogP contribution >= 0.6 is 0 Å². The highest BCUT2D eigenvalue weighted by molar-refractivity contribution is 5.16. The highest BCUT2D eigenvalue weighted by atomic mass is 19.2. The first-order valence-corrected chi connectivity index (χ1v) is 6.31. The summed E-state index contributed by atoms with van der Waals surface area (Å²) in [6.07, 6.45) is 0.503. The van der Waals surface area contributed by atoms with Crippen LogP contribution in [0, 0.1) is 0 Å². The fourth-order valence-corrected chi connectivity index (χ4v) is 2.47. The standard InChI is InChI=1S/C13H19F2NO2/c14-11-4-3-9(6-12(11)15)7-16-5-1-2-10(8-16)13(17)18/h2,6,11-13,17-18H,1,3-5,7-8H2. The molecule has 5 heteroatoms. The summed E-state index contributed by atoms with van der Waals surface area (Å²) in [6.45, 7) is 1.87. The second kappa shape index (κ2) is 5.91. The van der Waals surface area contributed by atoms with Crippen molar-refractivity contribution in [3.05, 3.63) is 23.3 Å². The van der Waals surface area contributed by atoms with Gasteiger partial charge in [-0.2, -0.15) is 0 Å². The summed E-state index contributed by atoms with van der Waals surface area (Å²) in [6, 6.07) is 0. The quantitative estimate of drug-likeness (QED) is 0.593. The number of hydrogen-bond donors (Lipinski definition) is 2. The largest absolute Gasteiger partial charge is 0.365 e. The summed E-state index contributed by atoms with van der Waals surface area (Å²) in [5.41, 5.74) is 1.49. The molecule has 0 saturated heterocycles. The lowest BCUT2D eigenvalue weighted by Crippen LogP contribution is -2.36. The van der Waals surface area contributed by atoms with E-state index in [1.165, 1.54) is 6.08 Å². The predicted molar refractivity (Wildman–Crippen MR) is 64.5 cm³/mol. The molecular weight excluding hydrogens is 240 g/mol. The van der Waals surface area contributed by atoms with E-state index in [1.54, 1.807) is 0 Å². The molecule has 102 valence electrons. The summed E-state index contributed by atoms with van der Waals surface area (Å²) in [4.78, 5) is 2.03. The molecule has 0 bridgehead atoms. The van der Waals surface area contributed by atoms with E-state index in [0.717, 1.165) is 18.5 Å². The van der Waals surface area contributed by atoms with Gasteiger partial charge < -0.3 is 10.2 Å². The Hall–Kier alpha value is -0.780. The van der Waals surface area contributed by atoms with Gasteiger partial charge in [0, 0.05) is 19.6 Å². The van der Waals surface area contributed by atoms with Gasteiger partial charge in [0.25, 0.3) is 0 Å². The van der Waals surface area contributed by atoms with Crippen molar-refractivity contribution in [1.82, 2.24) is 4.90 Å². The van der Waals surface area contributed by atoms with Crippen molar-refractivity contribution in [3.63, 3.8) is 0 Å². The fourth-order valence-electron chi connectivity index (χ4n) is 2.47. The molecule has 2 rings (SSSR count). The molecular formula is C13H19F2NO2. The summed E-state index contributed by atoms with van der Waals surface area (Å²) in [5.74, 6) is 0. The molecule has 0 aromatic carbocycles. The van der Waals surface area contributed by atoms with Crippen molar-refractivity contribution >= 4 is 0 Å². The van der Waals surface area contributed by atoms with E-state index in [4.69, 9.17) is 10.2 Å². The summed E-state index contributed by atoms with van der Waals surface area (Å²) >= 11 is 0. The smallest absolute Gasteiger partial charge is 0.175 e. The van der Waals surface area contributed by atoms with Gasteiger partial charge in [-0.15, -0.1) is 0 Å². The Morgan fingerprint density at radius 1 is 1.39 bits per heavy atom. The minimum Gasteiger partial charge on any atom is -0.365 e. The maximum Gasteiger partial charge on any atom is 0.175 e. The van der Waals surface area contributed by atoms with Gasteiger partial charge in [0.15, 0.2) is 6.29 Å². The zero-order chi connectivity index (χ0) is 13.1. The van der Waals surface area contributed by atoms with Crippen LogP contribution in [0.4, 0.5) is 8.78 Å². The number of aliphatic hydroxyl groups is 2. The van der Waals surface area contributed by atoms with Crippen molar-refractivity contribution in [1.29, 1.82) is 0 Å². The third kappa shape index (κ3) is 3.37. The Balaban J connectivity index is 1.91. The van der Waals surface area contributed by atoms with Gasteiger partial charge >= 0.3 is 0 Å². The monoisotopic (exact) mass is 259 g/mol. The van der Waals surface area contributed by atoms with Crippen LogP contribution in [0.3, 0.4) is 0 Å². The molecule has 0 aromatic rings. The number of hydrogen-bond acceptors (Lipinski definition) is 3. The lowest BCUT2D eigenvalue weighted by molar-refractivity contribution is -0.0143. The second-order valence-corrected chi connectivity index (χ2v) is 4.98. The van der Waals surface area contributed by atoms with Gasteiger partial charge in [-0.25, -0.2) is 8.78 Å². The highest BCUT2D eigenvalue weighted by Gasteiger charge is 2.25. The van der Waals surface area contributed by atoms with E-state index in [9.17, 15) is 8.78 Å². The van der Waals surface area contributed by atoms with Crippen molar-refractivity contribution in [3.8, 4) is 0 Å². The third-order valence-corrected chi connectivity index (χ3v) is 3.50. The van der Waals surface area contributed by atoms with Crippen LogP contribution in [0.1, 0.15) is 19.3 Å². The van der Waals surface area contributed by atoms with Gasteiger partial charge in [-0.3, -0.25) is 4.90 Å². The molecule has 0 amide bonds. The average Bonchev–Trinajstić information content (AvgIpc) is 2.34. The van der Waals surface area contributed by atoms with Gasteiger partial charge in [-0.05, 0) is 30.9 Å². The second-order valence-electron chi connectivity index (χ2n) is 4.98. The average molecular weight is 259 g/mol. The van der Waals surface area contributed by atoms with Gasteiger partial charge in [0.1, 0.15) is 12.3 Å². The SMILES string of the molecule is OC(O)C1=CCCN(CC2=CC(F)C(F)CC2)C1. The fraction of sp³-hybridized carbons (Fsp3) is 0.692. The molecule has 2 atom stereocenters. The van der Waals surface area contributed by atoms with E-state index >= 15 is 0 Å². The molecule has 1 aliphatic carbocycles. The van der Waals surface area contributed by atoms with E-state index < -0.39 is 18.6 Å².